The molecular weight excluding hydrogens is 215 g/mol. The van der Waals surface area contributed by atoms with E-state index in [0.29, 0.717) is 13.2 Å². The normalized spacial score (nSPS) is 33.9. The molecule has 0 aliphatic heterocycles. The molecule has 0 aromatic rings. The zero-order valence-electron chi connectivity index (χ0n) is 11.6. The number of ether oxygens (including phenoxy) is 2. The molecule has 0 bridgehead atoms. The van der Waals surface area contributed by atoms with Crippen molar-refractivity contribution in [3.8, 4) is 0 Å². The molecule has 0 aromatic carbocycles. The highest BCUT2D eigenvalue weighted by atomic mass is 16.5. The van der Waals surface area contributed by atoms with Crippen LogP contribution in [-0.4, -0.2) is 44.0 Å². The quantitative estimate of drug-likeness (QED) is 0.592. The standard InChI is InChI=1S/C13H25BO3/c1-5-16-12-9(8-17-13(2,3)4)6-7-10(14)11(12)15/h6-7,9-12,15H,5,8,14H2,1-4H3/t9-,10-,11+,12-/m1/s1. The zero-order chi connectivity index (χ0) is 13.1. The van der Waals surface area contributed by atoms with E-state index in [0.717, 1.165) is 0 Å². The summed E-state index contributed by atoms with van der Waals surface area (Å²) in [5.74, 6) is 0.290. The average molecular weight is 240 g/mol. The Bertz CT molecular complexity index is 260. The first-order valence-electron chi connectivity index (χ1n) is 6.47. The highest BCUT2D eigenvalue weighted by Crippen LogP contribution is 2.28. The first kappa shape index (κ1) is 14.7. The first-order chi connectivity index (χ1) is 7.85. The minimum Gasteiger partial charge on any atom is -0.391 e. The van der Waals surface area contributed by atoms with Crippen molar-refractivity contribution in [2.45, 2.75) is 51.3 Å². The van der Waals surface area contributed by atoms with Crippen LogP contribution >= 0.6 is 0 Å². The lowest BCUT2D eigenvalue weighted by Crippen LogP contribution is -2.43. The minimum atomic E-state index is -0.437. The molecule has 98 valence electrons. The van der Waals surface area contributed by atoms with E-state index in [4.69, 9.17) is 9.47 Å². The molecule has 0 radical (unpaired) electrons. The van der Waals surface area contributed by atoms with Crippen molar-refractivity contribution in [3.05, 3.63) is 12.2 Å². The fraction of sp³-hybridized carbons (Fsp3) is 0.846. The number of hydrogen-bond donors (Lipinski definition) is 1. The summed E-state index contributed by atoms with van der Waals surface area (Å²) in [6.45, 7) is 9.27. The summed E-state index contributed by atoms with van der Waals surface area (Å²) in [7, 11) is 2.01. The summed E-state index contributed by atoms with van der Waals surface area (Å²) in [6, 6.07) is 0. The van der Waals surface area contributed by atoms with E-state index in [-0.39, 0.29) is 23.4 Å². The lowest BCUT2D eigenvalue weighted by Gasteiger charge is -2.36. The largest absolute Gasteiger partial charge is 0.391 e. The van der Waals surface area contributed by atoms with Crippen molar-refractivity contribution in [1.82, 2.24) is 0 Å². The molecule has 0 spiro atoms. The summed E-state index contributed by atoms with van der Waals surface area (Å²) in [6.07, 6.45) is 3.58. The Hall–Kier alpha value is -0.315. The third-order valence-electron chi connectivity index (χ3n) is 3.03. The molecule has 4 heteroatoms. The molecule has 0 heterocycles. The SMILES string of the molecule is B[C@@H]1C=C[C@H](COC(C)(C)C)[C@@H](OCC)[C@H]1O. The molecule has 1 N–H and O–H groups in total. The Morgan fingerprint density at radius 2 is 1.94 bits per heavy atom. The topological polar surface area (TPSA) is 38.7 Å². The summed E-state index contributed by atoms with van der Waals surface area (Å²) >= 11 is 0. The van der Waals surface area contributed by atoms with E-state index in [1.807, 2.05) is 35.5 Å². The van der Waals surface area contributed by atoms with Crippen molar-refractivity contribution in [3.63, 3.8) is 0 Å². The molecule has 1 rings (SSSR count). The van der Waals surface area contributed by atoms with Crippen LogP contribution in [0.15, 0.2) is 12.2 Å². The van der Waals surface area contributed by atoms with Gasteiger partial charge in [-0.05, 0) is 33.5 Å². The molecule has 0 aromatic heterocycles. The van der Waals surface area contributed by atoms with Crippen LogP contribution in [0.4, 0.5) is 0 Å². The van der Waals surface area contributed by atoms with Crippen LogP contribution in [0.3, 0.4) is 0 Å². The second kappa shape index (κ2) is 6.03. The van der Waals surface area contributed by atoms with Gasteiger partial charge in [0.15, 0.2) is 0 Å². The van der Waals surface area contributed by atoms with Gasteiger partial charge in [0.1, 0.15) is 7.85 Å². The van der Waals surface area contributed by atoms with Gasteiger partial charge in [-0.15, -0.1) is 0 Å². The van der Waals surface area contributed by atoms with Crippen LogP contribution in [-0.2, 0) is 9.47 Å². The van der Waals surface area contributed by atoms with Gasteiger partial charge in [0, 0.05) is 12.5 Å². The molecule has 1 aliphatic carbocycles. The van der Waals surface area contributed by atoms with E-state index in [1.54, 1.807) is 0 Å². The maximum atomic E-state index is 10.1. The number of hydrogen-bond acceptors (Lipinski definition) is 3. The first-order valence-corrected chi connectivity index (χ1v) is 6.47. The third-order valence-corrected chi connectivity index (χ3v) is 3.03. The van der Waals surface area contributed by atoms with E-state index < -0.39 is 6.10 Å². The van der Waals surface area contributed by atoms with Gasteiger partial charge in [-0.3, -0.25) is 0 Å². The Kier molecular flexibility index (Phi) is 5.23. The van der Waals surface area contributed by atoms with Gasteiger partial charge in [-0.25, -0.2) is 0 Å². The van der Waals surface area contributed by atoms with Gasteiger partial charge in [-0.2, -0.15) is 0 Å². The van der Waals surface area contributed by atoms with Crippen molar-refractivity contribution >= 4 is 7.85 Å². The third kappa shape index (κ3) is 4.45. The van der Waals surface area contributed by atoms with Crippen molar-refractivity contribution in [2.75, 3.05) is 13.2 Å². The molecule has 0 saturated carbocycles. The molecular formula is C13H25BO3. The highest BCUT2D eigenvalue weighted by molar-refractivity contribution is 6.13. The smallest absolute Gasteiger partial charge is 0.113 e. The molecule has 0 fully saturated rings. The van der Waals surface area contributed by atoms with E-state index in [9.17, 15) is 5.11 Å². The van der Waals surface area contributed by atoms with Crippen molar-refractivity contribution in [1.29, 1.82) is 0 Å². The maximum absolute atomic E-state index is 10.1. The van der Waals surface area contributed by atoms with Gasteiger partial charge in [0.25, 0.3) is 0 Å². The Morgan fingerprint density at radius 1 is 1.29 bits per heavy atom. The van der Waals surface area contributed by atoms with Gasteiger partial charge in [0.05, 0.1) is 24.4 Å². The van der Waals surface area contributed by atoms with Crippen molar-refractivity contribution in [2.24, 2.45) is 5.92 Å². The summed E-state index contributed by atoms with van der Waals surface area (Å²) in [5.41, 5.74) is -0.154. The Labute approximate surface area is 106 Å². The fourth-order valence-electron chi connectivity index (χ4n) is 2.01. The predicted molar refractivity (Wildman–Crippen MR) is 72.0 cm³/mol. The van der Waals surface area contributed by atoms with Crippen LogP contribution in [0, 0.1) is 5.92 Å². The fourth-order valence-corrected chi connectivity index (χ4v) is 2.01. The molecule has 0 amide bonds. The number of aliphatic hydroxyl groups excluding tert-OH is 1. The summed E-state index contributed by atoms with van der Waals surface area (Å²) in [5, 5.41) is 10.1. The monoisotopic (exact) mass is 240 g/mol. The van der Waals surface area contributed by atoms with Gasteiger partial charge in [0.2, 0.25) is 0 Å². The lowest BCUT2D eigenvalue weighted by molar-refractivity contribution is -0.0936. The minimum absolute atomic E-state index is 0.139. The van der Waals surface area contributed by atoms with Crippen LogP contribution in [0.1, 0.15) is 27.7 Å². The van der Waals surface area contributed by atoms with Gasteiger partial charge < -0.3 is 14.6 Å². The van der Waals surface area contributed by atoms with Crippen LogP contribution in [0.25, 0.3) is 0 Å². The number of rotatable bonds is 4. The maximum Gasteiger partial charge on any atom is 0.113 e. The molecule has 1 aliphatic rings. The lowest BCUT2D eigenvalue weighted by atomic mass is 9.73. The van der Waals surface area contributed by atoms with Crippen LogP contribution < -0.4 is 0 Å². The second-order valence-corrected chi connectivity index (χ2v) is 5.74. The average Bonchev–Trinajstić information content (AvgIpc) is 2.23. The van der Waals surface area contributed by atoms with Crippen molar-refractivity contribution < 1.29 is 14.6 Å². The van der Waals surface area contributed by atoms with E-state index in [2.05, 4.69) is 12.2 Å². The molecule has 17 heavy (non-hydrogen) atoms. The molecule has 3 nitrogen and oxygen atoms in total. The highest BCUT2D eigenvalue weighted by Gasteiger charge is 2.34. The molecule has 0 saturated heterocycles. The Morgan fingerprint density at radius 3 is 2.47 bits per heavy atom. The predicted octanol–water partition coefficient (Wildman–Crippen LogP) is 1.18. The Balaban J connectivity index is 2.64. The zero-order valence-corrected chi connectivity index (χ0v) is 11.6. The number of aliphatic hydroxyl groups is 1. The summed E-state index contributed by atoms with van der Waals surface area (Å²) in [4.78, 5) is 0. The summed E-state index contributed by atoms with van der Waals surface area (Å²) < 4.78 is 11.4. The second-order valence-electron chi connectivity index (χ2n) is 5.74. The molecule has 0 unspecified atom stereocenters. The van der Waals surface area contributed by atoms with Gasteiger partial charge >= 0.3 is 0 Å². The van der Waals surface area contributed by atoms with E-state index >= 15 is 0 Å². The van der Waals surface area contributed by atoms with E-state index in [1.165, 1.54) is 0 Å². The van der Waals surface area contributed by atoms with Crippen LogP contribution in [0.2, 0.25) is 5.82 Å². The van der Waals surface area contributed by atoms with Crippen LogP contribution in [0.5, 0.6) is 0 Å². The molecule has 4 atom stereocenters. The van der Waals surface area contributed by atoms with Gasteiger partial charge in [-0.1, -0.05) is 12.2 Å².